The van der Waals surface area contributed by atoms with E-state index in [-0.39, 0.29) is 11.8 Å². The third-order valence-electron chi connectivity index (χ3n) is 1.72. The number of rotatable bonds is 2. The summed E-state index contributed by atoms with van der Waals surface area (Å²) in [6.07, 6.45) is 11.0. The quantitative estimate of drug-likeness (QED) is 0.641. The van der Waals surface area contributed by atoms with Crippen LogP contribution in [0.4, 0.5) is 0 Å². The Morgan fingerprint density at radius 2 is 1.88 bits per heavy atom. The summed E-state index contributed by atoms with van der Waals surface area (Å²) in [5, 5.41) is 16.3. The average Bonchev–Trinajstić information content (AvgIpc) is 2.57. The summed E-state index contributed by atoms with van der Waals surface area (Å²) in [5.74, 6) is 0.230. The second-order valence-electron chi connectivity index (χ2n) is 2.76. The molecule has 0 aliphatic heterocycles. The summed E-state index contributed by atoms with van der Waals surface area (Å²) in [7, 11) is 2.50. The van der Waals surface area contributed by atoms with E-state index in [1.165, 1.54) is 7.05 Å². The van der Waals surface area contributed by atoms with Crippen molar-refractivity contribution in [3.05, 3.63) is 47.8 Å². The first-order valence-electron chi connectivity index (χ1n) is 5.18. The molecule has 0 amide bonds. The number of aliphatic hydroxyl groups excluding tert-OH is 2. The number of nitrogens with zero attached hydrogens (tertiary/aromatic N) is 1. The second kappa shape index (κ2) is 12.4. The van der Waals surface area contributed by atoms with E-state index in [9.17, 15) is 5.11 Å². The van der Waals surface area contributed by atoms with Crippen molar-refractivity contribution in [3.63, 3.8) is 0 Å². The van der Waals surface area contributed by atoms with Crippen LogP contribution in [0.25, 0.3) is 0 Å². The SMILES string of the molecule is C=NC1C=C(O)C=CC(/C=C\C)=C1.CN.CO. The molecule has 1 rings (SSSR count). The minimum absolute atomic E-state index is 0.138. The summed E-state index contributed by atoms with van der Waals surface area (Å²) in [5.41, 5.74) is 5.53. The van der Waals surface area contributed by atoms with E-state index in [2.05, 4.69) is 17.4 Å². The Kier molecular flexibility index (Phi) is 13.0. The average molecular weight is 238 g/mol. The normalized spacial score (nSPS) is 17.8. The van der Waals surface area contributed by atoms with Gasteiger partial charge in [-0.1, -0.05) is 18.2 Å². The van der Waals surface area contributed by atoms with Crippen molar-refractivity contribution in [2.24, 2.45) is 10.7 Å². The van der Waals surface area contributed by atoms with Crippen LogP contribution in [-0.2, 0) is 0 Å². The van der Waals surface area contributed by atoms with E-state index in [4.69, 9.17) is 5.11 Å². The van der Waals surface area contributed by atoms with Gasteiger partial charge in [0.05, 0.1) is 6.04 Å². The Morgan fingerprint density at radius 1 is 1.29 bits per heavy atom. The fraction of sp³-hybridized carbons (Fsp3) is 0.308. The van der Waals surface area contributed by atoms with Crippen molar-refractivity contribution < 1.29 is 10.2 Å². The highest BCUT2D eigenvalue weighted by atomic mass is 16.3. The molecule has 17 heavy (non-hydrogen) atoms. The Morgan fingerprint density at radius 3 is 2.35 bits per heavy atom. The molecule has 0 heterocycles. The zero-order valence-corrected chi connectivity index (χ0v) is 10.7. The molecule has 1 atom stereocenters. The molecular formula is C13H22N2O2. The number of hydrogen-bond donors (Lipinski definition) is 3. The predicted octanol–water partition coefficient (Wildman–Crippen LogP) is 1.75. The monoisotopic (exact) mass is 238 g/mol. The van der Waals surface area contributed by atoms with E-state index in [1.807, 2.05) is 31.2 Å². The molecule has 0 saturated carbocycles. The molecule has 0 saturated heterocycles. The second-order valence-corrected chi connectivity index (χ2v) is 2.76. The third-order valence-corrected chi connectivity index (χ3v) is 1.72. The van der Waals surface area contributed by atoms with Crippen LogP contribution in [0.2, 0.25) is 0 Å². The molecule has 96 valence electrons. The molecule has 0 aromatic heterocycles. The van der Waals surface area contributed by atoms with Gasteiger partial charge in [-0.3, -0.25) is 4.99 Å². The number of allylic oxidation sites excluding steroid dienone is 5. The summed E-state index contributed by atoms with van der Waals surface area (Å²) in [4.78, 5) is 3.85. The molecule has 0 bridgehead atoms. The van der Waals surface area contributed by atoms with Gasteiger partial charge in [0.1, 0.15) is 5.76 Å². The summed E-state index contributed by atoms with van der Waals surface area (Å²) < 4.78 is 0. The fourth-order valence-electron chi connectivity index (χ4n) is 1.12. The highest BCUT2D eigenvalue weighted by molar-refractivity contribution is 5.40. The van der Waals surface area contributed by atoms with Gasteiger partial charge in [0.15, 0.2) is 0 Å². The van der Waals surface area contributed by atoms with Gasteiger partial charge in [0.25, 0.3) is 0 Å². The lowest BCUT2D eigenvalue weighted by Gasteiger charge is -1.99. The van der Waals surface area contributed by atoms with E-state index >= 15 is 0 Å². The molecule has 0 spiro atoms. The van der Waals surface area contributed by atoms with Crippen molar-refractivity contribution >= 4 is 6.72 Å². The molecule has 1 aliphatic carbocycles. The molecule has 0 aromatic carbocycles. The van der Waals surface area contributed by atoms with E-state index in [1.54, 1.807) is 12.2 Å². The van der Waals surface area contributed by atoms with Crippen LogP contribution in [0.15, 0.2) is 52.8 Å². The Labute approximate surface area is 103 Å². The van der Waals surface area contributed by atoms with Gasteiger partial charge in [0.2, 0.25) is 0 Å². The molecule has 4 nitrogen and oxygen atoms in total. The van der Waals surface area contributed by atoms with Gasteiger partial charge in [-0.25, -0.2) is 0 Å². The number of hydrogen-bond acceptors (Lipinski definition) is 4. The Balaban J connectivity index is 0. The third kappa shape index (κ3) is 8.19. The van der Waals surface area contributed by atoms with Crippen molar-refractivity contribution in [1.82, 2.24) is 0 Å². The minimum atomic E-state index is -0.138. The number of aliphatic imine (C=N–C) groups is 1. The largest absolute Gasteiger partial charge is 0.508 e. The first-order valence-corrected chi connectivity index (χ1v) is 5.18. The van der Waals surface area contributed by atoms with E-state index < -0.39 is 0 Å². The van der Waals surface area contributed by atoms with Gasteiger partial charge >= 0.3 is 0 Å². The van der Waals surface area contributed by atoms with Crippen LogP contribution in [0.1, 0.15) is 6.92 Å². The molecule has 1 aliphatic rings. The summed E-state index contributed by atoms with van der Waals surface area (Å²) >= 11 is 0. The maximum atomic E-state index is 9.31. The number of aliphatic hydroxyl groups is 2. The maximum Gasteiger partial charge on any atom is 0.114 e. The Hall–Kier alpha value is -1.65. The smallest absolute Gasteiger partial charge is 0.114 e. The zero-order chi connectivity index (χ0) is 13.7. The highest BCUT2D eigenvalue weighted by Gasteiger charge is 2.03. The lowest BCUT2D eigenvalue weighted by Crippen LogP contribution is -1.95. The lowest BCUT2D eigenvalue weighted by molar-refractivity contribution is 0.399. The van der Waals surface area contributed by atoms with Crippen molar-refractivity contribution in [1.29, 1.82) is 0 Å². The fourth-order valence-corrected chi connectivity index (χ4v) is 1.12. The van der Waals surface area contributed by atoms with E-state index in [0.29, 0.717) is 0 Å². The van der Waals surface area contributed by atoms with Crippen LogP contribution in [-0.4, -0.2) is 37.1 Å². The molecular weight excluding hydrogens is 216 g/mol. The van der Waals surface area contributed by atoms with Gasteiger partial charge in [-0.05, 0) is 44.5 Å². The standard InChI is InChI=1S/C11H13NO.CH5N.CH4O/c1-3-4-9-5-6-11(13)8-10(7-9)12-2;2*1-2/h3-8,10,13H,2H2,1H3;2H2,1H3;2H,1H3/b4-3-;;. The van der Waals surface area contributed by atoms with Crippen LogP contribution < -0.4 is 5.73 Å². The van der Waals surface area contributed by atoms with Crippen molar-refractivity contribution in [3.8, 4) is 0 Å². The zero-order valence-electron chi connectivity index (χ0n) is 10.7. The highest BCUT2D eigenvalue weighted by Crippen LogP contribution is 2.12. The molecule has 0 radical (unpaired) electrons. The molecule has 0 fully saturated rings. The topological polar surface area (TPSA) is 78.8 Å². The molecule has 4 heteroatoms. The van der Waals surface area contributed by atoms with E-state index in [0.717, 1.165) is 12.7 Å². The number of nitrogens with two attached hydrogens (primary N) is 1. The molecule has 1 unspecified atom stereocenters. The minimum Gasteiger partial charge on any atom is -0.508 e. The molecule has 0 aromatic rings. The van der Waals surface area contributed by atoms with Crippen molar-refractivity contribution in [2.75, 3.05) is 14.2 Å². The van der Waals surface area contributed by atoms with Crippen LogP contribution in [0.5, 0.6) is 0 Å². The van der Waals surface area contributed by atoms with Crippen LogP contribution >= 0.6 is 0 Å². The van der Waals surface area contributed by atoms with Crippen LogP contribution in [0, 0.1) is 0 Å². The first-order chi connectivity index (χ1) is 8.26. The maximum absolute atomic E-state index is 9.31. The summed E-state index contributed by atoms with van der Waals surface area (Å²) in [6, 6.07) is -0.138. The van der Waals surface area contributed by atoms with Gasteiger partial charge in [-0.15, -0.1) is 0 Å². The molecule has 4 N–H and O–H groups in total. The summed E-state index contributed by atoms with van der Waals surface area (Å²) in [6.45, 7) is 5.40. The van der Waals surface area contributed by atoms with Gasteiger partial charge in [-0.2, -0.15) is 0 Å². The first kappa shape index (κ1) is 17.7. The lowest BCUT2D eigenvalue weighted by atomic mass is 10.2. The van der Waals surface area contributed by atoms with Crippen LogP contribution in [0.3, 0.4) is 0 Å². The Bertz CT molecular complexity index is 315. The predicted molar refractivity (Wildman–Crippen MR) is 74.3 cm³/mol. The van der Waals surface area contributed by atoms with Gasteiger partial charge in [0, 0.05) is 7.11 Å². The van der Waals surface area contributed by atoms with Crippen molar-refractivity contribution in [2.45, 2.75) is 13.0 Å². The van der Waals surface area contributed by atoms with Gasteiger partial charge < -0.3 is 15.9 Å².